The predicted octanol–water partition coefficient (Wildman–Crippen LogP) is 2.63. The zero-order valence-electron chi connectivity index (χ0n) is 17.4. The summed E-state index contributed by atoms with van der Waals surface area (Å²) in [7, 11) is 0. The maximum Gasteiger partial charge on any atom is 0.325 e. The molecule has 1 aromatic rings. The van der Waals surface area contributed by atoms with Gasteiger partial charge < -0.3 is 14.5 Å². The third-order valence-corrected chi connectivity index (χ3v) is 5.61. The summed E-state index contributed by atoms with van der Waals surface area (Å²) in [5, 5.41) is 0. The highest BCUT2D eigenvalue weighted by molar-refractivity contribution is 5.96. The molecule has 1 saturated carbocycles. The average Bonchev–Trinajstić information content (AvgIpc) is 3.51. The summed E-state index contributed by atoms with van der Waals surface area (Å²) in [6.45, 7) is 11.4. The standard InChI is InChI=1S/C22H33N3O3/c1-4-28-21(26)16-25(15-18-5-6-18)22(27)19-7-9-20(10-8-19)24-13-11-23(12-14-24)17(2)3/h7-10,17-18H,4-6,11-16H2,1-3H3. The van der Waals surface area contributed by atoms with Crippen molar-refractivity contribution in [1.82, 2.24) is 9.80 Å². The van der Waals surface area contributed by atoms with Gasteiger partial charge in [0.05, 0.1) is 6.61 Å². The van der Waals surface area contributed by atoms with Crippen LogP contribution < -0.4 is 4.90 Å². The van der Waals surface area contributed by atoms with E-state index in [9.17, 15) is 9.59 Å². The van der Waals surface area contributed by atoms with Crippen LogP contribution in [0.25, 0.3) is 0 Å². The highest BCUT2D eigenvalue weighted by Crippen LogP contribution is 2.30. The lowest BCUT2D eigenvalue weighted by molar-refractivity contribution is -0.143. The normalized spacial score (nSPS) is 17.6. The summed E-state index contributed by atoms with van der Waals surface area (Å²) in [5.74, 6) is 0.0992. The Morgan fingerprint density at radius 3 is 2.29 bits per heavy atom. The lowest BCUT2D eigenvalue weighted by Crippen LogP contribution is -2.48. The molecular formula is C22H33N3O3. The molecule has 1 aliphatic heterocycles. The molecule has 0 N–H and O–H groups in total. The van der Waals surface area contributed by atoms with E-state index >= 15 is 0 Å². The third-order valence-electron chi connectivity index (χ3n) is 5.61. The number of amides is 1. The lowest BCUT2D eigenvalue weighted by atomic mass is 10.1. The minimum atomic E-state index is -0.337. The summed E-state index contributed by atoms with van der Waals surface area (Å²) in [6.07, 6.45) is 2.27. The van der Waals surface area contributed by atoms with Gasteiger partial charge in [0.25, 0.3) is 5.91 Å². The van der Waals surface area contributed by atoms with E-state index in [0.29, 0.717) is 30.7 Å². The summed E-state index contributed by atoms with van der Waals surface area (Å²) in [5.41, 5.74) is 1.79. The van der Waals surface area contributed by atoms with Crippen molar-refractivity contribution >= 4 is 17.6 Å². The molecule has 6 heteroatoms. The molecule has 0 atom stereocenters. The number of carbonyl (C=O) groups excluding carboxylic acids is 2. The molecule has 3 rings (SSSR count). The highest BCUT2D eigenvalue weighted by Gasteiger charge is 2.29. The van der Waals surface area contributed by atoms with Crippen LogP contribution in [0, 0.1) is 5.92 Å². The number of hydrogen-bond acceptors (Lipinski definition) is 5. The van der Waals surface area contributed by atoms with Crippen LogP contribution in [0.5, 0.6) is 0 Å². The first-order valence-corrected chi connectivity index (χ1v) is 10.5. The van der Waals surface area contributed by atoms with Crippen LogP contribution in [0.2, 0.25) is 0 Å². The minimum Gasteiger partial charge on any atom is -0.465 e. The quantitative estimate of drug-likeness (QED) is 0.642. The number of anilines is 1. The van der Waals surface area contributed by atoms with E-state index in [4.69, 9.17) is 4.74 Å². The number of nitrogens with zero attached hydrogens (tertiary/aromatic N) is 3. The van der Waals surface area contributed by atoms with Gasteiger partial charge >= 0.3 is 5.97 Å². The number of rotatable bonds is 8. The van der Waals surface area contributed by atoms with Crippen molar-refractivity contribution in [3.8, 4) is 0 Å². The Bertz CT molecular complexity index is 662. The molecule has 1 aromatic carbocycles. The molecule has 0 spiro atoms. The maximum atomic E-state index is 13.0. The summed E-state index contributed by atoms with van der Waals surface area (Å²) in [4.78, 5) is 31.3. The Kier molecular flexibility index (Phi) is 6.94. The summed E-state index contributed by atoms with van der Waals surface area (Å²) >= 11 is 0. The van der Waals surface area contributed by atoms with Crippen LogP contribution >= 0.6 is 0 Å². The summed E-state index contributed by atoms with van der Waals surface area (Å²) < 4.78 is 5.04. The summed E-state index contributed by atoms with van der Waals surface area (Å²) in [6, 6.07) is 8.41. The largest absolute Gasteiger partial charge is 0.465 e. The van der Waals surface area contributed by atoms with Crippen LogP contribution in [-0.4, -0.2) is 73.6 Å². The van der Waals surface area contributed by atoms with Crippen molar-refractivity contribution in [2.45, 2.75) is 39.7 Å². The smallest absolute Gasteiger partial charge is 0.325 e. The molecule has 1 saturated heterocycles. The van der Waals surface area contributed by atoms with Crippen molar-refractivity contribution in [2.75, 3.05) is 50.8 Å². The topological polar surface area (TPSA) is 53.1 Å². The predicted molar refractivity (Wildman–Crippen MR) is 111 cm³/mol. The van der Waals surface area contributed by atoms with Crippen LogP contribution in [-0.2, 0) is 9.53 Å². The second kappa shape index (κ2) is 9.41. The fourth-order valence-electron chi connectivity index (χ4n) is 3.69. The zero-order valence-corrected chi connectivity index (χ0v) is 17.4. The van der Waals surface area contributed by atoms with E-state index in [0.717, 1.165) is 44.7 Å². The zero-order chi connectivity index (χ0) is 20.1. The number of hydrogen-bond donors (Lipinski definition) is 0. The second-order valence-corrected chi connectivity index (χ2v) is 8.10. The van der Waals surface area contributed by atoms with Crippen molar-refractivity contribution in [2.24, 2.45) is 5.92 Å². The van der Waals surface area contributed by atoms with Gasteiger partial charge in [0.15, 0.2) is 0 Å². The Labute approximate surface area is 168 Å². The number of piperazine rings is 1. The molecule has 1 heterocycles. The number of carbonyl (C=O) groups is 2. The first-order valence-electron chi connectivity index (χ1n) is 10.5. The SMILES string of the molecule is CCOC(=O)CN(CC1CC1)C(=O)c1ccc(N2CCN(C(C)C)CC2)cc1. The molecule has 0 bridgehead atoms. The van der Waals surface area contributed by atoms with Crippen molar-refractivity contribution in [3.63, 3.8) is 0 Å². The molecule has 6 nitrogen and oxygen atoms in total. The molecule has 1 amide bonds. The Morgan fingerprint density at radius 1 is 1.11 bits per heavy atom. The molecule has 2 fully saturated rings. The van der Waals surface area contributed by atoms with E-state index in [2.05, 4.69) is 23.6 Å². The van der Waals surface area contributed by atoms with Gasteiger partial charge in [-0.3, -0.25) is 14.5 Å². The van der Waals surface area contributed by atoms with E-state index in [1.165, 1.54) is 0 Å². The lowest BCUT2D eigenvalue weighted by Gasteiger charge is -2.38. The maximum absolute atomic E-state index is 13.0. The fraction of sp³-hybridized carbons (Fsp3) is 0.636. The Hall–Kier alpha value is -2.08. The molecule has 0 radical (unpaired) electrons. The van der Waals surface area contributed by atoms with Crippen molar-refractivity contribution in [1.29, 1.82) is 0 Å². The molecular weight excluding hydrogens is 354 g/mol. The van der Waals surface area contributed by atoms with E-state index in [1.807, 2.05) is 24.3 Å². The van der Waals surface area contributed by atoms with Crippen LogP contribution in [0.4, 0.5) is 5.69 Å². The average molecular weight is 388 g/mol. The van der Waals surface area contributed by atoms with Gasteiger partial charge in [0.1, 0.15) is 6.54 Å². The number of esters is 1. The fourth-order valence-corrected chi connectivity index (χ4v) is 3.69. The van der Waals surface area contributed by atoms with Gasteiger partial charge in [0, 0.05) is 50.0 Å². The van der Waals surface area contributed by atoms with E-state index in [1.54, 1.807) is 11.8 Å². The van der Waals surface area contributed by atoms with Crippen LogP contribution in [0.15, 0.2) is 24.3 Å². The van der Waals surface area contributed by atoms with Crippen molar-refractivity contribution < 1.29 is 14.3 Å². The first-order chi connectivity index (χ1) is 13.5. The molecule has 154 valence electrons. The van der Waals surface area contributed by atoms with Crippen LogP contribution in [0.1, 0.15) is 44.0 Å². The number of benzene rings is 1. The van der Waals surface area contributed by atoms with E-state index < -0.39 is 0 Å². The van der Waals surface area contributed by atoms with Crippen molar-refractivity contribution in [3.05, 3.63) is 29.8 Å². The third kappa shape index (κ3) is 5.47. The van der Waals surface area contributed by atoms with Gasteiger partial charge in [-0.1, -0.05) is 0 Å². The molecule has 0 aromatic heterocycles. The van der Waals surface area contributed by atoms with E-state index in [-0.39, 0.29) is 18.4 Å². The molecule has 28 heavy (non-hydrogen) atoms. The Balaban J connectivity index is 1.62. The van der Waals surface area contributed by atoms with Gasteiger partial charge in [-0.2, -0.15) is 0 Å². The Morgan fingerprint density at radius 2 is 1.75 bits per heavy atom. The van der Waals surface area contributed by atoms with Crippen LogP contribution in [0.3, 0.4) is 0 Å². The second-order valence-electron chi connectivity index (χ2n) is 8.10. The molecule has 0 unspecified atom stereocenters. The molecule has 1 aliphatic carbocycles. The van der Waals surface area contributed by atoms with Gasteiger partial charge in [0.2, 0.25) is 0 Å². The van der Waals surface area contributed by atoms with Gasteiger partial charge in [-0.05, 0) is 63.8 Å². The highest BCUT2D eigenvalue weighted by atomic mass is 16.5. The monoisotopic (exact) mass is 387 g/mol. The minimum absolute atomic E-state index is 0.0298. The number of ether oxygens (including phenoxy) is 1. The first kappa shape index (κ1) is 20.6. The molecule has 2 aliphatic rings. The van der Waals surface area contributed by atoms with Gasteiger partial charge in [-0.25, -0.2) is 0 Å². The van der Waals surface area contributed by atoms with Gasteiger partial charge in [-0.15, -0.1) is 0 Å².